The summed E-state index contributed by atoms with van der Waals surface area (Å²) >= 11 is 11.2. The van der Waals surface area contributed by atoms with Crippen molar-refractivity contribution in [1.82, 2.24) is 24.7 Å². The van der Waals surface area contributed by atoms with Gasteiger partial charge in [0.05, 0.1) is 17.3 Å². The van der Waals surface area contributed by atoms with E-state index in [0.29, 0.717) is 16.7 Å². The van der Waals surface area contributed by atoms with Crippen LogP contribution >= 0.6 is 39.3 Å². The van der Waals surface area contributed by atoms with Gasteiger partial charge in [-0.15, -0.1) is 0 Å². The number of nitrogens with zero attached hydrogens (tertiary/aromatic N) is 5. The van der Waals surface area contributed by atoms with Gasteiger partial charge in [-0.3, -0.25) is 4.68 Å². The van der Waals surface area contributed by atoms with Crippen LogP contribution in [-0.4, -0.2) is 24.7 Å². The highest BCUT2D eigenvalue weighted by Gasteiger charge is 2.11. The topological polar surface area (TPSA) is 56.5 Å². The molecule has 0 saturated carbocycles. The Bertz CT molecular complexity index is 776. The molecule has 0 fully saturated rings. The molecule has 3 heterocycles. The Morgan fingerprint density at radius 2 is 2.25 bits per heavy atom. The summed E-state index contributed by atoms with van der Waals surface area (Å²) in [7, 11) is 1.83. The van der Waals surface area contributed by atoms with E-state index in [0.717, 1.165) is 20.5 Å². The molecule has 0 N–H and O–H groups in total. The average Bonchev–Trinajstić information content (AvgIpc) is 2.80. The van der Waals surface area contributed by atoms with Gasteiger partial charge in [-0.25, -0.2) is 15.0 Å². The first-order chi connectivity index (χ1) is 9.65. The lowest BCUT2D eigenvalue weighted by atomic mass is 10.4. The Balaban J connectivity index is 1.88. The Hall–Kier alpha value is -1.18. The van der Waals surface area contributed by atoms with Gasteiger partial charge in [-0.05, 0) is 28.1 Å². The summed E-state index contributed by atoms with van der Waals surface area (Å²) < 4.78 is 2.64. The van der Waals surface area contributed by atoms with Crippen LogP contribution in [0.5, 0.6) is 0 Å². The maximum absolute atomic E-state index is 6.15. The molecule has 0 atom stereocenters. The second kappa shape index (κ2) is 5.67. The van der Waals surface area contributed by atoms with Crippen LogP contribution in [0.1, 0.15) is 5.82 Å². The van der Waals surface area contributed by atoms with Crippen molar-refractivity contribution in [3.8, 4) is 0 Å². The number of pyridine rings is 1. The van der Waals surface area contributed by atoms with Gasteiger partial charge in [0.25, 0.3) is 0 Å². The SMILES string of the molecule is Cn1ncc2c(Cl)nc(CSc3ncccc3Br)nc21. The molecule has 0 aliphatic carbocycles. The van der Waals surface area contributed by atoms with Gasteiger partial charge in [0.15, 0.2) is 5.65 Å². The fourth-order valence-corrected chi connectivity index (χ4v) is 3.27. The summed E-state index contributed by atoms with van der Waals surface area (Å²) in [5, 5.41) is 6.23. The summed E-state index contributed by atoms with van der Waals surface area (Å²) in [5.74, 6) is 1.25. The molecule has 0 radical (unpaired) electrons. The number of hydrogen-bond acceptors (Lipinski definition) is 5. The average molecular weight is 371 g/mol. The number of rotatable bonds is 3. The van der Waals surface area contributed by atoms with Gasteiger partial charge >= 0.3 is 0 Å². The summed E-state index contributed by atoms with van der Waals surface area (Å²) in [6.45, 7) is 0. The molecule has 0 aliphatic rings. The molecule has 8 heteroatoms. The maximum atomic E-state index is 6.15. The van der Waals surface area contributed by atoms with Crippen LogP contribution in [-0.2, 0) is 12.8 Å². The molecule has 3 rings (SSSR count). The lowest BCUT2D eigenvalue weighted by Crippen LogP contribution is -1.98. The Kier molecular flexibility index (Phi) is 3.91. The molecule has 0 aromatic carbocycles. The second-order valence-electron chi connectivity index (χ2n) is 4.02. The third-order valence-corrected chi connectivity index (χ3v) is 4.85. The third-order valence-electron chi connectivity index (χ3n) is 2.65. The van der Waals surface area contributed by atoms with Gasteiger partial charge in [-0.1, -0.05) is 23.4 Å². The smallest absolute Gasteiger partial charge is 0.162 e. The maximum Gasteiger partial charge on any atom is 0.162 e. The number of fused-ring (bicyclic) bond motifs is 1. The molecule has 20 heavy (non-hydrogen) atoms. The number of thioether (sulfide) groups is 1. The zero-order valence-corrected chi connectivity index (χ0v) is 13.6. The van der Waals surface area contributed by atoms with Crippen molar-refractivity contribution in [2.24, 2.45) is 7.05 Å². The van der Waals surface area contributed by atoms with E-state index in [2.05, 4.69) is 36.0 Å². The molecule has 0 amide bonds. The number of hydrogen-bond donors (Lipinski definition) is 0. The van der Waals surface area contributed by atoms with Crippen molar-refractivity contribution >= 4 is 50.3 Å². The van der Waals surface area contributed by atoms with Crippen molar-refractivity contribution in [2.75, 3.05) is 0 Å². The molecule has 0 bridgehead atoms. The second-order valence-corrected chi connectivity index (χ2v) is 6.19. The van der Waals surface area contributed by atoms with Crippen LogP contribution in [0, 0.1) is 0 Å². The quantitative estimate of drug-likeness (QED) is 0.522. The van der Waals surface area contributed by atoms with Gasteiger partial charge in [0, 0.05) is 17.7 Å². The summed E-state index contributed by atoms with van der Waals surface area (Å²) in [6, 6.07) is 3.83. The summed E-state index contributed by atoms with van der Waals surface area (Å²) in [4.78, 5) is 13.1. The fourth-order valence-electron chi connectivity index (χ4n) is 1.70. The predicted octanol–water partition coefficient (Wildman–Crippen LogP) is 3.47. The first kappa shape index (κ1) is 13.8. The fraction of sp³-hybridized carbons (Fsp3) is 0.167. The molecule has 3 aromatic heterocycles. The number of halogens is 2. The van der Waals surface area contributed by atoms with E-state index in [9.17, 15) is 0 Å². The Labute approximate surface area is 132 Å². The van der Waals surface area contributed by atoms with Crippen LogP contribution < -0.4 is 0 Å². The zero-order chi connectivity index (χ0) is 14.1. The summed E-state index contributed by atoms with van der Waals surface area (Å²) in [5.41, 5.74) is 0.737. The van der Waals surface area contributed by atoms with Crippen molar-refractivity contribution in [3.05, 3.63) is 40.0 Å². The van der Waals surface area contributed by atoms with Crippen molar-refractivity contribution in [1.29, 1.82) is 0 Å². The van der Waals surface area contributed by atoms with E-state index in [1.165, 1.54) is 0 Å². The minimum absolute atomic E-state index is 0.429. The van der Waals surface area contributed by atoms with Gasteiger partial charge in [0.1, 0.15) is 16.0 Å². The lowest BCUT2D eigenvalue weighted by molar-refractivity contribution is 0.782. The van der Waals surface area contributed by atoms with Crippen LogP contribution in [0.15, 0.2) is 34.0 Å². The molecule has 3 aromatic rings. The van der Waals surface area contributed by atoms with Crippen LogP contribution in [0.4, 0.5) is 0 Å². The van der Waals surface area contributed by atoms with Crippen LogP contribution in [0.3, 0.4) is 0 Å². The molecule has 0 spiro atoms. The molecular weight excluding hydrogens is 362 g/mol. The van der Waals surface area contributed by atoms with Crippen molar-refractivity contribution in [2.45, 2.75) is 10.8 Å². The van der Waals surface area contributed by atoms with Crippen molar-refractivity contribution < 1.29 is 0 Å². The van der Waals surface area contributed by atoms with E-state index in [1.54, 1.807) is 28.8 Å². The minimum atomic E-state index is 0.429. The Morgan fingerprint density at radius 3 is 3.05 bits per heavy atom. The van der Waals surface area contributed by atoms with Crippen LogP contribution in [0.2, 0.25) is 5.15 Å². The zero-order valence-electron chi connectivity index (χ0n) is 10.4. The molecular formula is C12H9BrClN5S. The van der Waals surface area contributed by atoms with Gasteiger partial charge in [0.2, 0.25) is 0 Å². The van der Waals surface area contributed by atoms with Crippen LogP contribution in [0.25, 0.3) is 11.0 Å². The highest BCUT2D eigenvalue weighted by atomic mass is 79.9. The van der Waals surface area contributed by atoms with Gasteiger partial charge in [-0.2, -0.15) is 5.10 Å². The van der Waals surface area contributed by atoms with E-state index in [1.807, 2.05) is 19.2 Å². The molecule has 0 unspecified atom stereocenters. The largest absolute Gasteiger partial charge is 0.250 e. The van der Waals surface area contributed by atoms with Gasteiger partial charge < -0.3 is 0 Å². The lowest BCUT2D eigenvalue weighted by Gasteiger charge is -2.03. The minimum Gasteiger partial charge on any atom is -0.250 e. The summed E-state index contributed by atoms with van der Waals surface area (Å²) in [6.07, 6.45) is 3.43. The van der Waals surface area contributed by atoms with E-state index >= 15 is 0 Å². The monoisotopic (exact) mass is 369 g/mol. The standard InChI is InChI=1S/C12H9BrClN5S/c1-19-11-7(5-16-19)10(14)17-9(18-11)6-20-12-8(13)3-2-4-15-12/h2-5H,6H2,1H3. The van der Waals surface area contributed by atoms with E-state index in [-0.39, 0.29) is 0 Å². The first-order valence-electron chi connectivity index (χ1n) is 5.72. The number of aromatic nitrogens is 5. The predicted molar refractivity (Wildman–Crippen MR) is 82.8 cm³/mol. The van der Waals surface area contributed by atoms with Crippen molar-refractivity contribution in [3.63, 3.8) is 0 Å². The molecule has 0 aliphatic heterocycles. The first-order valence-corrected chi connectivity index (χ1v) is 7.88. The number of aryl methyl sites for hydroxylation is 1. The Morgan fingerprint density at radius 1 is 1.40 bits per heavy atom. The normalized spacial score (nSPS) is 11.2. The molecule has 0 saturated heterocycles. The highest BCUT2D eigenvalue weighted by Crippen LogP contribution is 2.28. The highest BCUT2D eigenvalue weighted by molar-refractivity contribution is 9.10. The van der Waals surface area contributed by atoms with E-state index in [4.69, 9.17) is 11.6 Å². The van der Waals surface area contributed by atoms with E-state index < -0.39 is 0 Å². The third kappa shape index (κ3) is 2.65. The molecule has 102 valence electrons. The molecule has 5 nitrogen and oxygen atoms in total.